The fourth-order valence-corrected chi connectivity index (χ4v) is 2.55. The summed E-state index contributed by atoms with van der Waals surface area (Å²) in [4.78, 5) is 3.73. The van der Waals surface area contributed by atoms with Gasteiger partial charge in [-0.05, 0) is 5.92 Å². The quantitative estimate of drug-likeness (QED) is 0.760. The van der Waals surface area contributed by atoms with E-state index in [1.807, 2.05) is 13.8 Å². The van der Waals surface area contributed by atoms with Crippen LogP contribution in [0, 0.1) is 5.92 Å². The third kappa shape index (κ3) is 2.69. The molecule has 0 unspecified atom stereocenters. The van der Waals surface area contributed by atoms with Crippen molar-refractivity contribution in [3.8, 4) is 0 Å². The van der Waals surface area contributed by atoms with E-state index in [2.05, 4.69) is 9.71 Å². The molecule has 15 heavy (non-hydrogen) atoms. The summed E-state index contributed by atoms with van der Waals surface area (Å²) in [5.41, 5.74) is 5.48. The van der Waals surface area contributed by atoms with Crippen molar-refractivity contribution in [2.45, 2.75) is 18.9 Å². The van der Waals surface area contributed by atoms with E-state index in [9.17, 15) is 8.42 Å². The molecule has 0 bridgehead atoms. The summed E-state index contributed by atoms with van der Waals surface area (Å²) < 4.78 is 27.4. The topological polar surface area (TPSA) is 90.0 Å². The maximum absolute atomic E-state index is 11.8. The molecule has 0 aliphatic rings. The number of hydrogen-bond acceptors (Lipinski definition) is 4. The number of rotatable bonds is 4. The number of sulfonamides is 1. The molecule has 7 heteroatoms. The van der Waals surface area contributed by atoms with Crippen molar-refractivity contribution < 1.29 is 8.42 Å². The number of aryl methyl sites for hydroxylation is 1. The molecule has 1 aromatic rings. The Kier molecular flexibility index (Phi) is 3.35. The first-order valence-corrected chi connectivity index (χ1v) is 6.09. The van der Waals surface area contributed by atoms with Crippen LogP contribution in [0.15, 0.2) is 11.4 Å². The summed E-state index contributed by atoms with van der Waals surface area (Å²) in [6, 6.07) is 0. The van der Waals surface area contributed by atoms with Gasteiger partial charge in [0.2, 0.25) is 0 Å². The molecule has 0 saturated carbocycles. The van der Waals surface area contributed by atoms with Gasteiger partial charge < -0.3 is 10.3 Å². The highest BCUT2D eigenvalue weighted by atomic mass is 32.2. The predicted molar refractivity (Wildman–Crippen MR) is 57.6 cm³/mol. The fraction of sp³-hybridized carbons (Fsp3) is 0.625. The molecule has 0 radical (unpaired) electrons. The number of nitrogens with two attached hydrogens (primary N) is 1. The van der Waals surface area contributed by atoms with Gasteiger partial charge in [-0.25, -0.2) is 18.1 Å². The molecule has 0 saturated heterocycles. The molecule has 86 valence electrons. The molecule has 6 nitrogen and oxygen atoms in total. The van der Waals surface area contributed by atoms with Gasteiger partial charge in [0.1, 0.15) is 0 Å². The minimum atomic E-state index is -3.55. The van der Waals surface area contributed by atoms with Crippen LogP contribution in [0.2, 0.25) is 0 Å². The molecule has 0 aromatic carbocycles. The summed E-state index contributed by atoms with van der Waals surface area (Å²) in [6.45, 7) is 4.23. The van der Waals surface area contributed by atoms with E-state index >= 15 is 0 Å². The Balaban J connectivity index is 2.96. The largest absolute Gasteiger partial charge is 0.381 e. The molecular formula is C8H16N4O2S. The lowest BCUT2D eigenvalue weighted by molar-refractivity contribution is 0.552. The summed E-state index contributed by atoms with van der Waals surface area (Å²) >= 11 is 0. The molecule has 0 amide bonds. The first-order valence-electron chi connectivity index (χ1n) is 4.61. The molecule has 0 fully saturated rings. The Labute approximate surface area is 89.5 Å². The molecular weight excluding hydrogens is 216 g/mol. The van der Waals surface area contributed by atoms with Crippen LogP contribution in [0.1, 0.15) is 13.8 Å². The number of anilines is 1. The zero-order chi connectivity index (χ0) is 11.6. The van der Waals surface area contributed by atoms with Gasteiger partial charge in [-0.1, -0.05) is 13.8 Å². The Hall–Kier alpha value is -1.08. The van der Waals surface area contributed by atoms with Crippen molar-refractivity contribution >= 4 is 15.8 Å². The second-order valence-electron chi connectivity index (χ2n) is 3.79. The number of nitrogen functional groups attached to an aromatic ring is 1. The molecule has 0 atom stereocenters. The van der Waals surface area contributed by atoms with Crippen LogP contribution in [-0.4, -0.2) is 24.5 Å². The third-order valence-electron chi connectivity index (χ3n) is 1.85. The van der Waals surface area contributed by atoms with Gasteiger partial charge in [-0.15, -0.1) is 0 Å². The van der Waals surface area contributed by atoms with E-state index in [4.69, 9.17) is 5.73 Å². The maximum atomic E-state index is 11.8. The third-order valence-corrected chi connectivity index (χ3v) is 3.40. The highest BCUT2D eigenvalue weighted by Gasteiger charge is 2.21. The molecule has 1 aromatic heterocycles. The number of nitrogens with zero attached hydrogens (tertiary/aromatic N) is 2. The van der Waals surface area contributed by atoms with Crippen molar-refractivity contribution in [2.75, 3.05) is 12.3 Å². The second-order valence-corrected chi connectivity index (χ2v) is 5.47. The Morgan fingerprint density at radius 3 is 2.60 bits per heavy atom. The predicted octanol–water partition coefficient (Wildman–Crippen LogP) is -0.0634. The summed E-state index contributed by atoms with van der Waals surface area (Å²) in [5.74, 6) is 0.267. The molecule has 3 N–H and O–H groups in total. The van der Waals surface area contributed by atoms with Crippen LogP contribution in [0.5, 0.6) is 0 Å². The number of imidazole rings is 1. The second kappa shape index (κ2) is 4.19. The Morgan fingerprint density at radius 1 is 1.60 bits per heavy atom. The highest BCUT2D eigenvalue weighted by molar-refractivity contribution is 7.89. The van der Waals surface area contributed by atoms with Crippen LogP contribution in [0.25, 0.3) is 0 Å². The zero-order valence-electron chi connectivity index (χ0n) is 9.06. The molecule has 0 aliphatic heterocycles. The van der Waals surface area contributed by atoms with Gasteiger partial charge in [0.25, 0.3) is 10.0 Å². The molecule has 0 aliphatic carbocycles. The fourth-order valence-electron chi connectivity index (χ4n) is 1.11. The van der Waals surface area contributed by atoms with E-state index in [0.717, 1.165) is 0 Å². The lowest BCUT2D eigenvalue weighted by atomic mass is 10.2. The van der Waals surface area contributed by atoms with E-state index in [1.165, 1.54) is 10.9 Å². The summed E-state index contributed by atoms with van der Waals surface area (Å²) in [5, 5.41) is 0.0168. The Bertz CT molecular complexity index is 416. The number of nitrogens with one attached hydrogen (secondary N) is 1. The Morgan fingerprint density at radius 2 is 2.20 bits per heavy atom. The number of aromatic nitrogens is 2. The zero-order valence-corrected chi connectivity index (χ0v) is 9.87. The van der Waals surface area contributed by atoms with E-state index in [-0.39, 0.29) is 16.8 Å². The van der Waals surface area contributed by atoms with Crippen LogP contribution < -0.4 is 10.5 Å². The van der Waals surface area contributed by atoms with Crippen molar-refractivity contribution in [2.24, 2.45) is 13.0 Å². The van der Waals surface area contributed by atoms with E-state index in [0.29, 0.717) is 6.54 Å². The molecule has 1 rings (SSSR count). The van der Waals surface area contributed by atoms with E-state index in [1.54, 1.807) is 7.05 Å². The molecule has 1 heterocycles. The van der Waals surface area contributed by atoms with Crippen LogP contribution in [-0.2, 0) is 17.1 Å². The molecule has 0 spiro atoms. The van der Waals surface area contributed by atoms with Gasteiger partial charge in [0.15, 0.2) is 10.8 Å². The van der Waals surface area contributed by atoms with Crippen molar-refractivity contribution in [3.05, 3.63) is 6.33 Å². The highest BCUT2D eigenvalue weighted by Crippen LogP contribution is 2.14. The van der Waals surface area contributed by atoms with Gasteiger partial charge in [0, 0.05) is 13.6 Å². The van der Waals surface area contributed by atoms with Gasteiger partial charge in [0.05, 0.1) is 6.33 Å². The normalized spacial score (nSPS) is 12.3. The SMILES string of the molecule is CC(C)CNS(=O)(=O)c1c(N)ncn1C. The van der Waals surface area contributed by atoms with Crippen LogP contribution >= 0.6 is 0 Å². The first-order chi connectivity index (χ1) is 6.84. The van der Waals surface area contributed by atoms with Crippen molar-refractivity contribution in [3.63, 3.8) is 0 Å². The lowest BCUT2D eigenvalue weighted by Gasteiger charge is -2.09. The standard InChI is InChI=1S/C8H16N4O2S/c1-6(2)4-11-15(13,14)8-7(9)10-5-12(8)3/h5-6,11H,4,9H2,1-3H3. The van der Waals surface area contributed by atoms with Crippen molar-refractivity contribution in [1.82, 2.24) is 14.3 Å². The maximum Gasteiger partial charge on any atom is 0.260 e. The average Bonchev–Trinajstić information content (AvgIpc) is 2.43. The summed E-state index contributed by atoms with van der Waals surface area (Å²) in [6.07, 6.45) is 1.37. The van der Waals surface area contributed by atoms with Crippen LogP contribution in [0.4, 0.5) is 5.82 Å². The number of hydrogen-bond donors (Lipinski definition) is 2. The van der Waals surface area contributed by atoms with Gasteiger partial charge in [-0.3, -0.25) is 0 Å². The minimum absolute atomic E-state index is 0.0168. The van der Waals surface area contributed by atoms with Gasteiger partial charge in [-0.2, -0.15) is 0 Å². The smallest absolute Gasteiger partial charge is 0.260 e. The first kappa shape index (κ1) is 12.0. The van der Waals surface area contributed by atoms with E-state index < -0.39 is 10.0 Å². The lowest BCUT2D eigenvalue weighted by Crippen LogP contribution is -2.29. The monoisotopic (exact) mass is 232 g/mol. The average molecular weight is 232 g/mol. The van der Waals surface area contributed by atoms with Crippen LogP contribution in [0.3, 0.4) is 0 Å². The minimum Gasteiger partial charge on any atom is -0.381 e. The van der Waals surface area contributed by atoms with Crippen molar-refractivity contribution in [1.29, 1.82) is 0 Å². The van der Waals surface area contributed by atoms with Gasteiger partial charge >= 0.3 is 0 Å². The summed E-state index contributed by atoms with van der Waals surface area (Å²) in [7, 11) is -1.96.